The minimum absolute atomic E-state index is 0.00787. The molecule has 21 heavy (non-hydrogen) atoms. The minimum Gasteiger partial charge on any atom is -0.339 e. The van der Waals surface area contributed by atoms with Crippen molar-refractivity contribution >= 4 is 28.6 Å². The van der Waals surface area contributed by atoms with Crippen LogP contribution in [-0.4, -0.2) is 34.2 Å². The molecule has 108 valence electrons. The summed E-state index contributed by atoms with van der Waals surface area (Å²) in [5, 5.41) is 10.2. The van der Waals surface area contributed by atoms with Crippen molar-refractivity contribution in [3.8, 4) is 6.07 Å². The minimum atomic E-state index is -0.00787. The summed E-state index contributed by atoms with van der Waals surface area (Å²) in [4.78, 5) is 15.5. The molecule has 0 fully saturated rings. The number of para-hydroxylation sites is 1. The van der Waals surface area contributed by atoms with Gasteiger partial charge in [-0.1, -0.05) is 19.1 Å². The maximum atomic E-state index is 12.6. The molecule has 1 amide bonds. The van der Waals surface area contributed by atoms with Crippen molar-refractivity contribution in [1.82, 2.24) is 9.47 Å². The van der Waals surface area contributed by atoms with E-state index in [4.69, 9.17) is 5.26 Å². The summed E-state index contributed by atoms with van der Waals surface area (Å²) in [6.07, 6.45) is 0.361. The van der Waals surface area contributed by atoms with E-state index in [1.54, 1.807) is 11.9 Å². The fraction of sp³-hybridized carbons (Fsp3) is 0.375. The lowest BCUT2D eigenvalue weighted by molar-refractivity contribution is 0.0787. The van der Waals surface area contributed by atoms with Crippen molar-refractivity contribution in [2.45, 2.75) is 30.0 Å². The largest absolute Gasteiger partial charge is 0.339 e. The summed E-state index contributed by atoms with van der Waals surface area (Å²) >= 11 is 1.86. The van der Waals surface area contributed by atoms with Crippen molar-refractivity contribution in [2.24, 2.45) is 0 Å². The first-order chi connectivity index (χ1) is 10.1. The van der Waals surface area contributed by atoms with Crippen molar-refractivity contribution in [1.29, 1.82) is 5.26 Å². The molecule has 5 heteroatoms. The first-order valence-corrected chi connectivity index (χ1v) is 7.91. The van der Waals surface area contributed by atoms with Crippen molar-refractivity contribution in [3.63, 3.8) is 0 Å². The first kappa shape index (κ1) is 14.0. The third-order valence-electron chi connectivity index (χ3n) is 3.78. The van der Waals surface area contributed by atoms with E-state index in [0.29, 0.717) is 18.2 Å². The Morgan fingerprint density at radius 2 is 2.38 bits per heavy atom. The van der Waals surface area contributed by atoms with Crippen molar-refractivity contribution in [2.75, 3.05) is 13.6 Å². The van der Waals surface area contributed by atoms with Crippen molar-refractivity contribution < 1.29 is 4.79 Å². The SMILES string of the molecule is CC1Cn2c(C(=O)N(C)CCC#N)cc3cccc(c32)S1. The van der Waals surface area contributed by atoms with Crippen LogP contribution in [0.1, 0.15) is 23.8 Å². The molecule has 2 heterocycles. The Balaban J connectivity index is 2.05. The van der Waals surface area contributed by atoms with Gasteiger partial charge in [0.2, 0.25) is 0 Å². The van der Waals surface area contributed by atoms with Gasteiger partial charge in [0.05, 0.1) is 18.0 Å². The van der Waals surface area contributed by atoms with Gasteiger partial charge in [-0.2, -0.15) is 5.26 Å². The second-order valence-corrected chi connectivity index (χ2v) is 6.88. The summed E-state index contributed by atoms with van der Waals surface area (Å²) < 4.78 is 2.14. The third kappa shape index (κ3) is 2.40. The molecule has 1 aliphatic heterocycles. The maximum absolute atomic E-state index is 12.6. The molecule has 1 unspecified atom stereocenters. The van der Waals surface area contributed by atoms with Crippen LogP contribution in [-0.2, 0) is 6.54 Å². The van der Waals surface area contributed by atoms with Gasteiger partial charge < -0.3 is 9.47 Å². The van der Waals surface area contributed by atoms with Crippen LogP contribution in [0.3, 0.4) is 0 Å². The van der Waals surface area contributed by atoms with E-state index in [0.717, 1.165) is 23.1 Å². The highest BCUT2D eigenvalue weighted by molar-refractivity contribution is 8.00. The number of nitrogens with zero attached hydrogens (tertiary/aromatic N) is 3. The van der Waals surface area contributed by atoms with Crippen LogP contribution < -0.4 is 0 Å². The molecule has 0 spiro atoms. The van der Waals surface area contributed by atoms with Crippen LogP contribution in [0, 0.1) is 11.3 Å². The first-order valence-electron chi connectivity index (χ1n) is 7.03. The number of benzene rings is 1. The third-order valence-corrected chi connectivity index (χ3v) is 4.91. The Bertz CT molecular complexity index is 744. The summed E-state index contributed by atoms with van der Waals surface area (Å²) in [5.74, 6) is -0.00787. The molecule has 1 aromatic heterocycles. The number of rotatable bonds is 3. The molecular formula is C16H17N3OS. The molecule has 2 aromatic rings. The summed E-state index contributed by atoms with van der Waals surface area (Å²) in [5.41, 5.74) is 1.89. The average molecular weight is 299 g/mol. The molecule has 4 nitrogen and oxygen atoms in total. The number of nitriles is 1. The van der Waals surface area contributed by atoms with Crippen LogP contribution in [0.5, 0.6) is 0 Å². The summed E-state index contributed by atoms with van der Waals surface area (Å²) in [6.45, 7) is 3.49. The Hall–Kier alpha value is -1.93. The molecule has 0 N–H and O–H groups in total. The van der Waals surface area contributed by atoms with Gasteiger partial charge in [0.25, 0.3) is 5.91 Å². The Labute approximate surface area is 128 Å². The van der Waals surface area contributed by atoms with Crippen LogP contribution >= 0.6 is 11.8 Å². The van der Waals surface area contributed by atoms with Gasteiger partial charge in [-0.05, 0) is 12.1 Å². The van der Waals surface area contributed by atoms with Gasteiger partial charge >= 0.3 is 0 Å². The van der Waals surface area contributed by atoms with E-state index < -0.39 is 0 Å². The molecule has 1 atom stereocenters. The van der Waals surface area contributed by atoms with Gasteiger partial charge in [0.1, 0.15) is 5.69 Å². The lowest BCUT2D eigenvalue weighted by Crippen LogP contribution is -2.30. The smallest absolute Gasteiger partial charge is 0.270 e. The zero-order chi connectivity index (χ0) is 15.0. The molecule has 0 aliphatic carbocycles. The second-order valence-electron chi connectivity index (χ2n) is 5.40. The summed E-state index contributed by atoms with van der Waals surface area (Å²) in [6, 6.07) is 10.3. The second kappa shape index (κ2) is 5.45. The number of aromatic nitrogens is 1. The molecular weight excluding hydrogens is 282 g/mol. The highest BCUT2D eigenvalue weighted by Crippen LogP contribution is 2.38. The van der Waals surface area contributed by atoms with Gasteiger partial charge in [0.15, 0.2) is 0 Å². The highest BCUT2D eigenvalue weighted by atomic mass is 32.2. The lowest BCUT2D eigenvalue weighted by atomic mass is 10.2. The van der Waals surface area contributed by atoms with Gasteiger partial charge in [-0.3, -0.25) is 4.79 Å². The quantitative estimate of drug-likeness (QED) is 0.875. The number of carbonyl (C=O) groups is 1. The standard InChI is InChI=1S/C16H17N3OS/c1-11-10-19-13(16(20)18(2)8-4-7-17)9-12-5-3-6-14(21-11)15(12)19/h3,5-6,9,11H,4,8,10H2,1-2H3. The van der Waals surface area contributed by atoms with Crippen LogP contribution in [0.25, 0.3) is 10.9 Å². The highest BCUT2D eigenvalue weighted by Gasteiger charge is 2.25. The van der Waals surface area contributed by atoms with E-state index in [2.05, 4.69) is 29.7 Å². The van der Waals surface area contributed by atoms with E-state index in [9.17, 15) is 4.79 Å². The lowest BCUT2D eigenvalue weighted by Gasteiger charge is -2.24. The number of carbonyl (C=O) groups excluding carboxylic acids is 1. The van der Waals surface area contributed by atoms with E-state index in [-0.39, 0.29) is 5.91 Å². The van der Waals surface area contributed by atoms with E-state index in [1.165, 1.54) is 4.90 Å². The summed E-state index contributed by atoms with van der Waals surface area (Å²) in [7, 11) is 1.76. The van der Waals surface area contributed by atoms with Crippen molar-refractivity contribution in [3.05, 3.63) is 30.0 Å². The molecule has 0 radical (unpaired) electrons. The Morgan fingerprint density at radius 1 is 1.57 bits per heavy atom. The molecule has 1 aliphatic rings. The van der Waals surface area contributed by atoms with Crippen LogP contribution in [0.2, 0.25) is 0 Å². The molecule has 0 bridgehead atoms. The maximum Gasteiger partial charge on any atom is 0.270 e. The predicted molar refractivity (Wildman–Crippen MR) is 84.4 cm³/mol. The zero-order valence-corrected chi connectivity index (χ0v) is 13.0. The number of amides is 1. The zero-order valence-electron chi connectivity index (χ0n) is 12.2. The number of thioether (sulfide) groups is 1. The monoisotopic (exact) mass is 299 g/mol. The molecule has 0 saturated carbocycles. The average Bonchev–Trinajstić information content (AvgIpc) is 2.84. The number of hydrogen-bond acceptors (Lipinski definition) is 3. The van der Waals surface area contributed by atoms with E-state index in [1.807, 2.05) is 23.9 Å². The predicted octanol–water partition coefficient (Wildman–Crippen LogP) is 3.12. The fourth-order valence-corrected chi connectivity index (χ4v) is 3.93. The normalized spacial score (nSPS) is 16.7. The Morgan fingerprint density at radius 3 is 3.14 bits per heavy atom. The van der Waals surface area contributed by atoms with Crippen LogP contribution in [0.4, 0.5) is 0 Å². The topological polar surface area (TPSA) is 49.0 Å². The molecule has 1 aromatic carbocycles. The molecule has 3 rings (SSSR count). The number of hydrogen-bond donors (Lipinski definition) is 0. The van der Waals surface area contributed by atoms with Gasteiger partial charge in [-0.15, -0.1) is 11.8 Å². The van der Waals surface area contributed by atoms with Gasteiger partial charge in [0, 0.05) is 35.7 Å². The van der Waals surface area contributed by atoms with E-state index >= 15 is 0 Å². The fourth-order valence-electron chi connectivity index (χ4n) is 2.78. The Kier molecular flexibility index (Phi) is 3.64. The van der Waals surface area contributed by atoms with Gasteiger partial charge in [-0.25, -0.2) is 0 Å². The van der Waals surface area contributed by atoms with Crippen LogP contribution in [0.15, 0.2) is 29.2 Å². The molecule has 0 saturated heterocycles.